The van der Waals surface area contributed by atoms with E-state index in [1.165, 1.54) is 30.9 Å². The number of thioether (sulfide) groups is 1. The molecule has 3 atom stereocenters. The summed E-state index contributed by atoms with van der Waals surface area (Å²) >= 11 is 2.11. The van der Waals surface area contributed by atoms with Crippen molar-refractivity contribution < 1.29 is 0 Å². The van der Waals surface area contributed by atoms with Gasteiger partial charge in [-0.25, -0.2) is 0 Å². The molecule has 0 aliphatic carbocycles. The Bertz CT molecular complexity index is 187. The quantitative estimate of drug-likeness (QED) is 0.772. The van der Waals surface area contributed by atoms with Crippen LogP contribution in [0.3, 0.4) is 0 Å². The maximum Gasteiger partial charge on any atom is 0.0339 e. The van der Waals surface area contributed by atoms with Gasteiger partial charge in [-0.05, 0) is 25.9 Å². The molecule has 3 heteroatoms. The molecule has 1 aliphatic rings. The predicted molar refractivity (Wildman–Crippen MR) is 75.3 cm³/mol. The molecule has 1 aliphatic heterocycles. The van der Waals surface area contributed by atoms with Gasteiger partial charge in [-0.1, -0.05) is 27.2 Å². The molecular weight excluding hydrogens is 216 g/mol. The number of likely N-dealkylation sites (N-methyl/N-ethyl adjacent to an activating group) is 2. The van der Waals surface area contributed by atoms with Crippen molar-refractivity contribution in [2.24, 2.45) is 5.92 Å². The second-order valence-electron chi connectivity index (χ2n) is 4.97. The molecule has 3 unspecified atom stereocenters. The third-order valence-electron chi connectivity index (χ3n) is 3.65. The van der Waals surface area contributed by atoms with Gasteiger partial charge in [-0.15, -0.1) is 0 Å². The van der Waals surface area contributed by atoms with Crippen molar-refractivity contribution in [3.05, 3.63) is 0 Å². The first kappa shape index (κ1) is 14.3. The van der Waals surface area contributed by atoms with E-state index in [4.69, 9.17) is 0 Å². The van der Waals surface area contributed by atoms with Crippen LogP contribution in [0.2, 0.25) is 0 Å². The van der Waals surface area contributed by atoms with E-state index in [2.05, 4.69) is 49.8 Å². The molecule has 16 heavy (non-hydrogen) atoms. The van der Waals surface area contributed by atoms with E-state index in [9.17, 15) is 0 Å². The fourth-order valence-electron chi connectivity index (χ4n) is 2.67. The summed E-state index contributed by atoms with van der Waals surface area (Å²) in [5.41, 5.74) is 0. The van der Waals surface area contributed by atoms with E-state index >= 15 is 0 Å². The van der Waals surface area contributed by atoms with Crippen LogP contribution in [0.1, 0.15) is 33.6 Å². The minimum Gasteiger partial charge on any atom is -0.312 e. The number of nitrogens with zero attached hydrogens (tertiary/aromatic N) is 1. The van der Waals surface area contributed by atoms with Crippen molar-refractivity contribution in [2.45, 2.75) is 45.7 Å². The highest BCUT2D eigenvalue weighted by Gasteiger charge is 2.30. The van der Waals surface area contributed by atoms with Crippen molar-refractivity contribution in [3.63, 3.8) is 0 Å². The lowest BCUT2D eigenvalue weighted by Gasteiger charge is -2.40. The van der Waals surface area contributed by atoms with Crippen molar-refractivity contribution in [1.29, 1.82) is 0 Å². The minimum absolute atomic E-state index is 0.669. The van der Waals surface area contributed by atoms with E-state index in [0.29, 0.717) is 6.04 Å². The number of hydrogen-bond donors (Lipinski definition) is 1. The molecule has 0 spiro atoms. The summed E-state index contributed by atoms with van der Waals surface area (Å²) in [5, 5.41) is 3.71. The van der Waals surface area contributed by atoms with Crippen LogP contribution in [0, 0.1) is 5.92 Å². The molecule has 0 aromatic heterocycles. The first-order valence-corrected chi connectivity index (χ1v) is 7.87. The molecule has 0 radical (unpaired) electrons. The SMILES string of the molecule is CCCC(C)C(NCC)C1CSCCN1C. The smallest absolute Gasteiger partial charge is 0.0339 e. The van der Waals surface area contributed by atoms with Crippen molar-refractivity contribution in [3.8, 4) is 0 Å². The Labute approximate surface area is 106 Å². The van der Waals surface area contributed by atoms with Crippen molar-refractivity contribution in [2.75, 3.05) is 31.6 Å². The van der Waals surface area contributed by atoms with Gasteiger partial charge in [0, 0.05) is 30.1 Å². The molecule has 0 saturated carbocycles. The summed E-state index contributed by atoms with van der Waals surface area (Å²) in [5.74, 6) is 3.38. The summed E-state index contributed by atoms with van der Waals surface area (Å²) in [6.07, 6.45) is 2.64. The summed E-state index contributed by atoms with van der Waals surface area (Å²) < 4.78 is 0. The molecule has 0 aromatic carbocycles. The Morgan fingerprint density at radius 3 is 2.75 bits per heavy atom. The number of hydrogen-bond acceptors (Lipinski definition) is 3. The van der Waals surface area contributed by atoms with Gasteiger partial charge in [0.2, 0.25) is 0 Å². The summed E-state index contributed by atoms with van der Waals surface area (Å²) in [6.45, 7) is 9.26. The van der Waals surface area contributed by atoms with E-state index in [-0.39, 0.29) is 0 Å². The van der Waals surface area contributed by atoms with Gasteiger partial charge in [-0.3, -0.25) is 0 Å². The lowest BCUT2D eigenvalue weighted by atomic mass is 9.91. The highest BCUT2D eigenvalue weighted by Crippen LogP contribution is 2.23. The monoisotopic (exact) mass is 244 g/mol. The van der Waals surface area contributed by atoms with Gasteiger partial charge in [0.25, 0.3) is 0 Å². The molecule has 1 heterocycles. The van der Waals surface area contributed by atoms with Crippen LogP contribution in [-0.2, 0) is 0 Å². The number of rotatable bonds is 6. The van der Waals surface area contributed by atoms with Gasteiger partial charge in [0.15, 0.2) is 0 Å². The van der Waals surface area contributed by atoms with Crippen LogP contribution in [0.5, 0.6) is 0 Å². The zero-order valence-electron chi connectivity index (χ0n) is 11.3. The molecule has 1 N–H and O–H groups in total. The zero-order valence-corrected chi connectivity index (χ0v) is 12.1. The standard InChI is InChI=1S/C13H28N2S/c1-5-7-11(3)13(14-6-2)12-10-16-9-8-15(12)4/h11-14H,5-10H2,1-4H3. The lowest BCUT2D eigenvalue weighted by Crippen LogP contribution is -2.55. The van der Waals surface area contributed by atoms with Gasteiger partial charge in [0.05, 0.1) is 0 Å². The van der Waals surface area contributed by atoms with E-state index in [0.717, 1.165) is 18.5 Å². The Morgan fingerprint density at radius 1 is 1.44 bits per heavy atom. The molecule has 1 saturated heterocycles. The molecular formula is C13H28N2S. The van der Waals surface area contributed by atoms with Crippen LogP contribution >= 0.6 is 11.8 Å². The average molecular weight is 244 g/mol. The molecule has 1 rings (SSSR count). The average Bonchev–Trinajstić information content (AvgIpc) is 2.27. The second kappa shape index (κ2) is 7.57. The molecule has 0 amide bonds. The third-order valence-corrected chi connectivity index (χ3v) is 4.70. The second-order valence-corrected chi connectivity index (χ2v) is 6.12. The first-order chi connectivity index (χ1) is 7.70. The lowest BCUT2D eigenvalue weighted by molar-refractivity contribution is 0.176. The molecule has 96 valence electrons. The highest BCUT2D eigenvalue weighted by atomic mass is 32.2. The van der Waals surface area contributed by atoms with Crippen LogP contribution in [0.15, 0.2) is 0 Å². The Morgan fingerprint density at radius 2 is 2.19 bits per heavy atom. The summed E-state index contributed by atoms with van der Waals surface area (Å²) in [7, 11) is 2.29. The van der Waals surface area contributed by atoms with E-state index in [1.807, 2.05) is 0 Å². The molecule has 1 fully saturated rings. The third kappa shape index (κ3) is 3.94. The summed E-state index contributed by atoms with van der Waals surface area (Å²) in [4.78, 5) is 2.55. The van der Waals surface area contributed by atoms with Gasteiger partial charge in [0.1, 0.15) is 0 Å². The van der Waals surface area contributed by atoms with E-state index < -0.39 is 0 Å². The highest BCUT2D eigenvalue weighted by molar-refractivity contribution is 7.99. The Kier molecular flexibility index (Phi) is 6.78. The van der Waals surface area contributed by atoms with Crippen molar-refractivity contribution >= 4 is 11.8 Å². The zero-order chi connectivity index (χ0) is 12.0. The molecule has 2 nitrogen and oxygen atoms in total. The molecule has 0 aromatic rings. The topological polar surface area (TPSA) is 15.3 Å². The predicted octanol–water partition coefficient (Wildman–Crippen LogP) is 2.45. The van der Waals surface area contributed by atoms with Crippen LogP contribution in [0.4, 0.5) is 0 Å². The summed E-state index contributed by atoms with van der Waals surface area (Å²) in [6, 6.07) is 1.39. The Hall–Kier alpha value is 0.270. The fourth-order valence-corrected chi connectivity index (χ4v) is 3.96. The Balaban J connectivity index is 2.59. The van der Waals surface area contributed by atoms with Crippen LogP contribution in [-0.4, -0.2) is 48.6 Å². The van der Waals surface area contributed by atoms with Gasteiger partial charge >= 0.3 is 0 Å². The normalized spacial score (nSPS) is 26.6. The largest absolute Gasteiger partial charge is 0.312 e. The van der Waals surface area contributed by atoms with Gasteiger partial charge < -0.3 is 10.2 Å². The molecule has 0 bridgehead atoms. The van der Waals surface area contributed by atoms with Crippen LogP contribution < -0.4 is 5.32 Å². The minimum atomic E-state index is 0.669. The van der Waals surface area contributed by atoms with E-state index in [1.54, 1.807) is 0 Å². The maximum absolute atomic E-state index is 3.71. The fraction of sp³-hybridized carbons (Fsp3) is 1.00. The van der Waals surface area contributed by atoms with Crippen LogP contribution in [0.25, 0.3) is 0 Å². The van der Waals surface area contributed by atoms with Crippen molar-refractivity contribution in [1.82, 2.24) is 10.2 Å². The number of nitrogens with one attached hydrogen (secondary N) is 1. The van der Waals surface area contributed by atoms with Gasteiger partial charge in [-0.2, -0.15) is 11.8 Å². The first-order valence-electron chi connectivity index (χ1n) is 6.72. The maximum atomic E-state index is 3.71.